The van der Waals surface area contributed by atoms with Crippen molar-refractivity contribution in [2.45, 2.75) is 12.9 Å². The van der Waals surface area contributed by atoms with E-state index >= 15 is 0 Å². The predicted octanol–water partition coefficient (Wildman–Crippen LogP) is 2.97. The van der Waals surface area contributed by atoms with Crippen LogP contribution in [0.25, 0.3) is 16.6 Å². The van der Waals surface area contributed by atoms with E-state index in [0.717, 1.165) is 0 Å². The Morgan fingerprint density at radius 2 is 2.26 bits per heavy atom. The smallest absolute Gasteiger partial charge is 0.248 e. The third-order valence-corrected chi connectivity index (χ3v) is 3.86. The van der Waals surface area contributed by atoms with Crippen LogP contribution >= 0.6 is 0 Å². The van der Waals surface area contributed by atoms with E-state index in [0.29, 0.717) is 10.9 Å². The molecule has 0 aliphatic carbocycles. The van der Waals surface area contributed by atoms with Crippen LogP contribution in [0, 0.1) is 5.82 Å². The summed E-state index contributed by atoms with van der Waals surface area (Å²) in [5, 5.41) is 4.34. The second-order valence-electron chi connectivity index (χ2n) is 5.67. The number of hydrogen-bond donors (Lipinski definition) is 2. The van der Waals surface area contributed by atoms with Crippen LogP contribution in [0.2, 0.25) is 0 Å². The van der Waals surface area contributed by atoms with Gasteiger partial charge in [0.05, 0.1) is 18.3 Å². The zero-order valence-corrected chi connectivity index (χ0v) is 13.8. The van der Waals surface area contributed by atoms with Crippen LogP contribution in [-0.2, 0) is 0 Å². The lowest BCUT2D eigenvalue weighted by molar-refractivity contribution is 0.222. The number of nitrogen functional groups attached to an aromatic ring is 1. The Hall–Kier alpha value is -3.68. The maximum atomic E-state index is 13.6. The fourth-order valence-corrected chi connectivity index (χ4v) is 2.63. The van der Waals surface area contributed by atoms with Gasteiger partial charge in [-0.3, -0.25) is 4.79 Å². The number of rotatable bonds is 4. The number of fused-ring (bicyclic) bond motifs is 1. The van der Waals surface area contributed by atoms with Crippen LogP contribution < -0.4 is 16.0 Å². The first kappa shape index (κ1) is 12.6. The van der Waals surface area contributed by atoms with Crippen molar-refractivity contribution in [3.8, 4) is 11.4 Å². The van der Waals surface area contributed by atoms with E-state index in [2.05, 4.69) is 15.1 Å². The van der Waals surface area contributed by atoms with Crippen molar-refractivity contribution in [1.82, 2.24) is 19.7 Å². The van der Waals surface area contributed by atoms with Gasteiger partial charge in [-0.1, -0.05) is 0 Å². The molecule has 1 unspecified atom stereocenters. The molecule has 0 aliphatic heterocycles. The average molecular weight is 369 g/mol. The number of nitrogens with two attached hydrogens (primary N) is 1. The van der Waals surface area contributed by atoms with Gasteiger partial charge < -0.3 is 15.5 Å². The van der Waals surface area contributed by atoms with E-state index in [1.165, 1.54) is 53.5 Å². The highest BCUT2D eigenvalue weighted by Gasteiger charge is 2.17. The summed E-state index contributed by atoms with van der Waals surface area (Å²) in [5.74, 6) is -0.981. The zero-order valence-electron chi connectivity index (χ0n) is 17.8. The van der Waals surface area contributed by atoms with Crippen LogP contribution in [0.3, 0.4) is 0 Å². The molecule has 0 amide bonds. The molecule has 3 N–H and O–H groups in total. The molecule has 1 atom stereocenters. The number of ether oxygens (including phenoxy) is 1. The average Bonchev–Trinajstić information content (AvgIpc) is 3.22. The number of nitrogens with one attached hydrogen (secondary N) is 1. The van der Waals surface area contributed by atoms with Crippen molar-refractivity contribution in [1.29, 1.82) is 0 Å². The molecular weight excluding hydrogens is 349 g/mol. The molecule has 136 valence electrons. The van der Waals surface area contributed by atoms with E-state index in [1.807, 2.05) is 0 Å². The zero-order chi connectivity index (χ0) is 22.4. The van der Waals surface area contributed by atoms with E-state index < -0.39 is 24.3 Å². The summed E-state index contributed by atoms with van der Waals surface area (Å²) in [6.45, 7) is -3.08. The summed E-state index contributed by atoms with van der Waals surface area (Å²) in [5.41, 5.74) is 5.42. The van der Waals surface area contributed by atoms with Crippen molar-refractivity contribution in [3.05, 3.63) is 76.7 Å². The lowest BCUT2D eigenvalue weighted by Gasteiger charge is -2.19. The van der Waals surface area contributed by atoms with Gasteiger partial charge in [0, 0.05) is 28.0 Å². The summed E-state index contributed by atoms with van der Waals surface area (Å²) < 4.78 is 53.3. The monoisotopic (exact) mass is 369 g/mol. The van der Waals surface area contributed by atoms with Crippen LogP contribution in [-0.4, -0.2) is 19.7 Å². The van der Waals surface area contributed by atoms with E-state index in [9.17, 15) is 9.18 Å². The summed E-state index contributed by atoms with van der Waals surface area (Å²) in [6.07, 6.45) is 0.174. The van der Waals surface area contributed by atoms with Crippen molar-refractivity contribution in [3.63, 3.8) is 0 Å². The fraction of sp³-hybridized carbons (Fsp3) is 0.105. The molecule has 0 spiro atoms. The fourth-order valence-electron chi connectivity index (χ4n) is 2.63. The van der Waals surface area contributed by atoms with E-state index in [-0.39, 0.29) is 22.9 Å². The van der Waals surface area contributed by atoms with E-state index in [1.54, 1.807) is 6.07 Å². The number of aromatic amines is 1. The number of benzene rings is 1. The van der Waals surface area contributed by atoms with Gasteiger partial charge in [-0.15, -0.1) is 0 Å². The van der Waals surface area contributed by atoms with Crippen molar-refractivity contribution >= 4 is 16.7 Å². The highest BCUT2D eigenvalue weighted by Crippen LogP contribution is 2.30. The Labute approximate surface area is 158 Å². The molecular formula is C19H16FN5O2. The van der Waals surface area contributed by atoms with Crippen molar-refractivity contribution in [2.75, 3.05) is 5.73 Å². The van der Waals surface area contributed by atoms with Gasteiger partial charge in [-0.05, 0) is 43.3 Å². The SMILES string of the molecule is [2H]C([2H])([2H])C([2H])(Oc1cc2cc(F)ccc2nc1N)c1[nH]c(=O)ccc1-n1cccn1. The quantitative estimate of drug-likeness (QED) is 0.576. The van der Waals surface area contributed by atoms with Gasteiger partial charge >= 0.3 is 0 Å². The topological polar surface area (TPSA) is 98.8 Å². The molecule has 0 radical (unpaired) electrons. The molecule has 7 nitrogen and oxygen atoms in total. The Bertz CT molecular complexity index is 1320. The molecule has 27 heavy (non-hydrogen) atoms. The van der Waals surface area contributed by atoms with Crippen LogP contribution in [0.1, 0.15) is 24.1 Å². The Morgan fingerprint density at radius 3 is 3.04 bits per heavy atom. The van der Waals surface area contributed by atoms with Crippen LogP contribution in [0.4, 0.5) is 10.2 Å². The van der Waals surface area contributed by atoms with Gasteiger partial charge in [0.2, 0.25) is 5.56 Å². The number of halogens is 1. The second kappa shape index (κ2) is 6.56. The summed E-state index contributed by atoms with van der Waals surface area (Å²) >= 11 is 0. The third-order valence-electron chi connectivity index (χ3n) is 3.86. The molecule has 1 aromatic carbocycles. The van der Waals surface area contributed by atoms with Crippen LogP contribution in [0.5, 0.6) is 5.75 Å². The second-order valence-corrected chi connectivity index (χ2v) is 5.67. The minimum atomic E-state index is -3.08. The number of anilines is 1. The lowest BCUT2D eigenvalue weighted by Crippen LogP contribution is -2.17. The van der Waals surface area contributed by atoms with Gasteiger partial charge in [0.25, 0.3) is 0 Å². The van der Waals surface area contributed by atoms with Crippen LogP contribution in [0.15, 0.2) is 59.7 Å². The normalized spacial score (nSPS) is 16.0. The maximum Gasteiger partial charge on any atom is 0.248 e. The molecule has 0 bridgehead atoms. The lowest BCUT2D eigenvalue weighted by atomic mass is 10.2. The summed E-state index contributed by atoms with van der Waals surface area (Å²) in [4.78, 5) is 18.5. The molecule has 8 heteroatoms. The Kier molecular flexibility index (Phi) is 3.07. The molecule has 0 fully saturated rings. The van der Waals surface area contributed by atoms with Crippen molar-refractivity contribution < 1.29 is 14.6 Å². The first-order chi connectivity index (χ1) is 14.6. The standard InChI is InChI=1S/C19H16FN5O2/c1-11(18-15(5-6-17(26)24-18)25-8-2-7-22-25)27-16-10-12-9-13(20)3-4-14(12)23-19(16)21/h2-11H,1H3,(H2,21,23)(H,24,26)/i1D3,11D. The van der Waals surface area contributed by atoms with Crippen molar-refractivity contribution in [2.24, 2.45) is 0 Å². The van der Waals surface area contributed by atoms with Gasteiger partial charge in [0.15, 0.2) is 11.6 Å². The molecule has 0 saturated carbocycles. The Morgan fingerprint density at radius 1 is 1.37 bits per heavy atom. The highest BCUT2D eigenvalue weighted by atomic mass is 19.1. The van der Waals surface area contributed by atoms with Gasteiger partial charge in [-0.2, -0.15) is 5.10 Å². The van der Waals surface area contributed by atoms with E-state index in [4.69, 9.17) is 16.0 Å². The molecule has 3 aromatic heterocycles. The summed E-state index contributed by atoms with van der Waals surface area (Å²) in [6, 6.07) is 9.19. The first-order valence-corrected chi connectivity index (χ1v) is 7.87. The number of pyridine rings is 2. The number of nitrogens with zero attached hydrogens (tertiary/aromatic N) is 3. The highest BCUT2D eigenvalue weighted by molar-refractivity contribution is 5.82. The third kappa shape index (κ3) is 3.24. The molecule has 4 rings (SSSR count). The molecule has 3 heterocycles. The maximum absolute atomic E-state index is 13.6. The minimum absolute atomic E-state index is 0.120. The number of H-pyrrole nitrogens is 1. The summed E-state index contributed by atoms with van der Waals surface area (Å²) in [7, 11) is 0. The number of hydrogen-bond acceptors (Lipinski definition) is 5. The number of aromatic nitrogens is 4. The largest absolute Gasteiger partial charge is 0.481 e. The molecule has 0 aliphatic rings. The van der Waals surface area contributed by atoms with Gasteiger partial charge in [0.1, 0.15) is 11.9 Å². The Balaban J connectivity index is 1.92. The minimum Gasteiger partial charge on any atom is -0.481 e. The predicted molar refractivity (Wildman–Crippen MR) is 99.3 cm³/mol. The molecule has 0 saturated heterocycles. The molecule has 4 aromatic rings. The first-order valence-electron chi connectivity index (χ1n) is 9.87. The van der Waals surface area contributed by atoms with Gasteiger partial charge in [-0.25, -0.2) is 14.1 Å².